The molecular formula is C18H27NO2. The summed E-state index contributed by atoms with van der Waals surface area (Å²) in [6.45, 7) is 3.69. The molecule has 3 heteroatoms. The molecule has 1 heterocycles. The van der Waals surface area contributed by atoms with Gasteiger partial charge in [0.2, 0.25) is 0 Å². The van der Waals surface area contributed by atoms with E-state index in [0.29, 0.717) is 12.0 Å². The zero-order valence-electron chi connectivity index (χ0n) is 13.3. The number of ether oxygens (including phenoxy) is 2. The summed E-state index contributed by atoms with van der Waals surface area (Å²) >= 11 is 0. The first-order valence-electron chi connectivity index (χ1n) is 8.16. The van der Waals surface area contributed by atoms with E-state index in [9.17, 15) is 0 Å². The highest BCUT2D eigenvalue weighted by atomic mass is 16.5. The van der Waals surface area contributed by atoms with Crippen LogP contribution in [0.25, 0.3) is 0 Å². The zero-order valence-corrected chi connectivity index (χ0v) is 13.3. The van der Waals surface area contributed by atoms with Crippen LogP contribution in [0.2, 0.25) is 0 Å². The Morgan fingerprint density at radius 3 is 2.48 bits per heavy atom. The molecule has 0 N–H and O–H groups in total. The van der Waals surface area contributed by atoms with Crippen molar-refractivity contribution in [3.05, 3.63) is 29.8 Å². The molecule has 1 aliphatic heterocycles. The quantitative estimate of drug-likeness (QED) is 0.803. The zero-order chi connectivity index (χ0) is 14.7. The van der Waals surface area contributed by atoms with E-state index < -0.39 is 0 Å². The molecule has 1 saturated heterocycles. The van der Waals surface area contributed by atoms with Crippen LogP contribution >= 0.6 is 0 Å². The van der Waals surface area contributed by atoms with E-state index in [-0.39, 0.29) is 0 Å². The molecule has 0 amide bonds. The van der Waals surface area contributed by atoms with E-state index in [2.05, 4.69) is 29.2 Å². The molecule has 0 spiro atoms. The summed E-state index contributed by atoms with van der Waals surface area (Å²) in [7, 11) is 3.58. The fourth-order valence-corrected chi connectivity index (χ4v) is 3.49. The lowest BCUT2D eigenvalue weighted by Gasteiger charge is -2.38. The Morgan fingerprint density at radius 1 is 1.10 bits per heavy atom. The summed E-state index contributed by atoms with van der Waals surface area (Å²) in [4.78, 5) is 2.65. The highest BCUT2D eigenvalue weighted by Gasteiger charge is 2.32. The first kappa shape index (κ1) is 14.9. The normalized spacial score (nSPS) is 26.8. The Bertz CT molecular complexity index is 441. The maximum absolute atomic E-state index is 5.74. The molecule has 2 atom stereocenters. The summed E-state index contributed by atoms with van der Waals surface area (Å²) in [5.74, 6) is 2.52. The van der Waals surface area contributed by atoms with Gasteiger partial charge in [-0.15, -0.1) is 0 Å². The van der Waals surface area contributed by atoms with Crippen molar-refractivity contribution < 1.29 is 9.47 Å². The molecule has 3 nitrogen and oxygen atoms in total. The van der Waals surface area contributed by atoms with Crippen molar-refractivity contribution in [2.75, 3.05) is 33.9 Å². The predicted octanol–water partition coefficient (Wildman–Crippen LogP) is 2.98. The second kappa shape index (κ2) is 6.80. The molecular weight excluding hydrogens is 262 g/mol. The number of likely N-dealkylation sites (tertiary alicyclic amines) is 1. The van der Waals surface area contributed by atoms with Crippen molar-refractivity contribution in [1.29, 1.82) is 0 Å². The number of hydrogen-bond acceptors (Lipinski definition) is 3. The molecule has 1 aromatic rings. The van der Waals surface area contributed by atoms with Crippen molar-refractivity contribution in [2.24, 2.45) is 11.8 Å². The fourth-order valence-electron chi connectivity index (χ4n) is 3.49. The van der Waals surface area contributed by atoms with E-state index in [1.54, 1.807) is 7.11 Å². The summed E-state index contributed by atoms with van der Waals surface area (Å²) < 4.78 is 11.0. The molecule has 2 fully saturated rings. The molecule has 2 aliphatic rings. The van der Waals surface area contributed by atoms with Crippen LogP contribution in [0, 0.1) is 11.8 Å². The first-order chi connectivity index (χ1) is 10.3. The van der Waals surface area contributed by atoms with E-state index in [1.165, 1.54) is 44.5 Å². The Balaban J connectivity index is 1.61. The number of benzene rings is 1. The Kier molecular flexibility index (Phi) is 4.81. The topological polar surface area (TPSA) is 21.7 Å². The third kappa shape index (κ3) is 3.98. The molecule has 0 bridgehead atoms. The third-order valence-corrected chi connectivity index (χ3v) is 4.92. The average Bonchev–Trinajstić information content (AvgIpc) is 3.32. The molecule has 0 radical (unpaired) electrons. The van der Waals surface area contributed by atoms with Crippen molar-refractivity contribution in [3.8, 4) is 5.75 Å². The van der Waals surface area contributed by atoms with Gasteiger partial charge in [-0.25, -0.2) is 0 Å². The Hall–Kier alpha value is -1.06. The summed E-state index contributed by atoms with van der Waals surface area (Å²) in [5, 5.41) is 0. The van der Waals surface area contributed by atoms with Crippen LogP contribution in [0.5, 0.6) is 5.75 Å². The molecule has 3 rings (SSSR count). The SMILES string of the molecule is COc1ccc(C[C@@H]2CN(CC3CC3)CC[C@@H]2OC)cc1. The van der Waals surface area contributed by atoms with E-state index in [0.717, 1.165) is 18.1 Å². The van der Waals surface area contributed by atoms with Crippen molar-refractivity contribution in [2.45, 2.75) is 31.8 Å². The number of methoxy groups -OCH3 is 2. The average molecular weight is 289 g/mol. The molecule has 21 heavy (non-hydrogen) atoms. The molecule has 1 aromatic carbocycles. The van der Waals surface area contributed by atoms with Gasteiger partial charge in [-0.05, 0) is 49.3 Å². The Labute approximate surface area is 128 Å². The van der Waals surface area contributed by atoms with Gasteiger partial charge in [0.1, 0.15) is 5.75 Å². The van der Waals surface area contributed by atoms with Crippen LogP contribution in [0.3, 0.4) is 0 Å². The summed E-state index contributed by atoms with van der Waals surface area (Å²) in [5.41, 5.74) is 1.39. The summed E-state index contributed by atoms with van der Waals surface area (Å²) in [6, 6.07) is 8.49. The predicted molar refractivity (Wildman–Crippen MR) is 84.8 cm³/mol. The van der Waals surface area contributed by atoms with Crippen LogP contribution < -0.4 is 4.74 Å². The van der Waals surface area contributed by atoms with Gasteiger partial charge in [-0.1, -0.05) is 12.1 Å². The van der Waals surface area contributed by atoms with Crippen molar-refractivity contribution in [3.63, 3.8) is 0 Å². The van der Waals surface area contributed by atoms with Gasteiger partial charge in [-0.2, -0.15) is 0 Å². The minimum Gasteiger partial charge on any atom is -0.497 e. The molecule has 0 aromatic heterocycles. The van der Waals surface area contributed by atoms with Crippen LogP contribution in [0.4, 0.5) is 0 Å². The lowest BCUT2D eigenvalue weighted by molar-refractivity contribution is -0.00734. The monoisotopic (exact) mass is 289 g/mol. The fraction of sp³-hybridized carbons (Fsp3) is 0.667. The van der Waals surface area contributed by atoms with Crippen LogP contribution in [-0.2, 0) is 11.2 Å². The van der Waals surface area contributed by atoms with Gasteiger partial charge < -0.3 is 14.4 Å². The number of hydrogen-bond donors (Lipinski definition) is 0. The maximum Gasteiger partial charge on any atom is 0.118 e. The van der Waals surface area contributed by atoms with E-state index >= 15 is 0 Å². The molecule has 0 unspecified atom stereocenters. The third-order valence-electron chi connectivity index (χ3n) is 4.92. The van der Waals surface area contributed by atoms with Gasteiger partial charge in [0, 0.05) is 32.7 Å². The minimum absolute atomic E-state index is 0.405. The van der Waals surface area contributed by atoms with Gasteiger partial charge >= 0.3 is 0 Å². The van der Waals surface area contributed by atoms with Gasteiger partial charge in [0.25, 0.3) is 0 Å². The number of nitrogens with zero attached hydrogens (tertiary/aromatic N) is 1. The van der Waals surface area contributed by atoms with Crippen LogP contribution in [0.15, 0.2) is 24.3 Å². The minimum atomic E-state index is 0.405. The van der Waals surface area contributed by atoms with Gasteiger partial charge in [-0.3, -0.25) is 0 Å². The lowest BCUT2D eigenvalue weighted by atomic mass is 9.88. The highest BCUT2D eigenvalue weighted by Crippen LogP contribution is 2.32. The van der Waals surface area contributed by atoms with Gasteiger partial charge in [0.05, 0.1) is 13.2 Å². The van der Waals surface area contributed by atoms with Crippen molar-refractivity contribution in [1.82, 2.24) is 4.90 Å². The van der Waals surface area contributed by atoms with Crippen LogP contribution in [-0.4, -0.2) is 44.9 Å². The van der Waals surface area contributed by atoms with Gasteiger partial charge in [0.15, 0.2) is 0 Å². The summed E-state index contributed by atoms with van der Waals surface area (Å²) in [6.07, 6.45) is 5.55. The number of rotatable bonds is 6. The molecule has 116 valence electrons. The second-order valence-electron chi connectivity index (χ2n) is 6.58. The van der Waals surface area contributed by atoms with Crippen molar-refractivity contribution >= 4 is 0 Å². The maximum atomic E-state index is 5.74. The highest BCUT2D eigenvalue weighted by molar-refractivity contribution is 5.27. The van der Waals surface area contributed by atoms with Crippen LogP contribution in [0.1, 0.15) is 24.8 Å². The Morgan fingerprint density at radius 2 is 1.86 bits per heavy atom. The van der Waals surface area contributed by atoms with E-state index in [4.69, 9.17) is 9.47 Å². The largest absolute Gasteiger partial charge is 0.497 e. The standard InChI is InChI=1S/C18H27NO2/c1-20-17-7-5-14(6-8-17)11-16-13-19(12-15-3-4-15)10-9-18(16)21-2/h5-8,15-16,18H,3-4,9-13H2,1-2H3/t16-,18+/m1/s1. The molecule has 1 saturated carbocycles. The number of piperidine rings is 1. The lowest BCUT2D eigenvalue weighted by Crippen LogP contribution is -2.45. The van der Waals surface area contributed by atoms with E-state index in [1.807, 2.05) is 7.11 Å². The second-order valence-corrected chi connectivity index (χ2v) is 6.58. The smallest absolute Gasteiger partial charge is 0.118 e. The first-order valence-corrected chi connectivity index (χ1v) is 8.16. The molecule has 1 aliphatic carbocycles.